The van der Waals surface area contributed by atoms with E-state index in [0.717, 1.165) is 13.0 Å². The van der Waals surface area contributed by atoms with Crippen LogP contribution in [0.4, 0.5) is 0 Å². The lowest BCUT2D eigenvalue weighted by atomic mass is 10.3. The maximum atomic E-state index is 11.1. The summed E-state index contributed by atoms with van der Waals surface area (Å²) in [6.45, 7) is 2.55. The highest BCUT2D eigenvalue weighted by Gasteiger charge is 2.27. The summed E-state index contributed by atoms with van der Waals surface area (Å²) in [5.41, 5.74) is 5.33. The van der Waals surface area contributed by atoms with Crippen LogP contribution in [-0.2, 0) is 10.0 Å². The zero-order valence-electron chi connectivity index (χ0n) is 7.86. The Bertz CT molecular complexity index is 252. The summed E-state index contributed by atoms with van der Waals surface area (Å²) in [7, 11) is -3.00. The number of hydrogen-bond donors (Lipinski definition) is 2. The molecule has 1 aliphatic heterocycles. The van der Waals surface area contributed by atoms with Gasteiger partial charge in [0.05, 0.1) is 6.26 Å². The topological polar surface area (TPSA) is 75.4 Å². The number of hydrogen-bond acceptors (Lipinski definition) is 4. The van der Waals surface area contributed by atoms with E-state index in [1.54, 1.807) is 0 Å². The van der Waals surface area contributed by atoms with E-state index in [0.29, 0.717) is 19.6 Å². The quantitative estimate of drug-likeness (QED) is 0.592. The van der Waals surface area contributed by atoms with Gasteiger partial charge in [-0.05, 0) is 6.42 Å². The molecule has 0 aromatic carbocycles. The van der Waals surface area contributed by atoms with Crippen LogP contribution in [0.1, 0.15) is 6.42 Å². The van der Waals surface area contributed by atoms with E-state index in [1.807, 2.05) is 0 Å². The fourth-order valence-electron chi connectivity index (χ4n) is 1.48. The van der Waals surface area contributed by atoms with E-state index in [2.05, 4.69) is 5.32 Å². The molecular formula is C7H17N3O2S. The molecule has 0 aromatic heterocycles. The number of nitrogens with two attached hydrogens (primary N) is 1. The summed E-state index contributed by atoms with van der Waals surface area (Å²) >= 11 is 0. The molecule has 13 heavy (non-hydrogen) atoms. The monoisotopic (exact) mass is 207 g/mol. The highest BCUT2D eigenvalue weighted by atomic mass is 32.2. The maximum Gasteiger partial charge on any atom is 0.211 e. The van der Waals surface area contributed by atoms with Crippen LogP contribution in [0.25, 0.3) is 0 Å². The second-order valence-electron chi connectivity index (χ2n) is 3.35. The molecule has 1 atom stereocenters. The van der Waals surface area contributed by atoms with Gasteiger partial charge >= 0.3 is 0 Å². The molecule has 0 aliphatic carbocycles. The summed E-state index contributed by atoms with van der Waals surface area (Å²) in [5.74, 6) is 0. The van der Waals surface area contributed by atoms with Gasteiger partial charge in [-0.3, -0.25) is 0 Å². The van der Waals surface area contributed by atoms with Gasteiger partial charge in [0, 0.05) is 32.2 Å². The predicted octanol–water partition coefficient (Wildman–Crippen LogP) is -1.43. The largest absolute Gasteiger partial charge is 0.329 e. The molecular weight excluding hydrogens is 190 g/mol. The van der Waals surface area contributed by atoms with Crippen molar-refractivity contribution in [2.75, 3.05) is 32.4 Å². The lowest BCUT2D eigenvalue weighted by molar-refractivity contribution is 0.463. The van der Waals surface area contributed by atoms with Gasteiger partial charge in [0.1, 0.15) is 0 Å². The Morgan fingerprint density at radius 1 is 1.62 bits per heavy atom. The van der Waals surface area contributed by atoms with Crippen molar-refractivity contribution in [2.24, 2.45) is 5.73 Å². The molecule has 6 heteroatoms. The average molecular weight is 207 g/mol. The van der Waals surface area contributed by atoms with Crippen molar-refractivity contribution in [1.82, 2.24) is 9.62 Å². The molecule has 0 aromatic rings. The Balaban J connectivity index is 2.37. The van der Waals surface area contributed by atoms with E-state index in [4.69, 9.17) is 5.73 Å². The van der Waals surface area contributed by atoms with Gasteiger partial charge in [0.25, 0.3) is 0 Å². The molecule has 3 N–H and O–H groups in total. The van der Waals surface area contributed by atoms with Crippen molar-refractivity contribution in [1.29, 1.82) is 0 Å². The first kappa shape index (κ1) is 10.9. The smallest absolute Gasteiger partial charge is 0.211 e. The summed E-state index contributed by atoms with van der Waals surface area (Å²) in [6.07, 6.45) is 2.13. The normalized spacial score (nSPS) is 25.2. The van der Waals surface area contributed by atoms with Crippen molar-refractivity contribution in [3.8, 4) is 0 Å². The first-order valence-electron chi connectivity index (χ1n) is 4.42. The molecule has 78 valence electrons. The average Bonchev–Trinajstić information content (AvgIpc) is 2.47. The highest BCUT2D eigenvalue weighted by molar-refractivity contribution is 7.88. The maximum absolute atomic E-state index is 11.1. The lowest BCUT2D eigenvalue weighted by Crippen LogP contribution is -2.37. The Labute approximate surface area is 79.3 Å². The Morgan fingerprint density at radius 2 is 2.31 bits per heavy atom. The van der Waals surface area contributed by atoms with Crippen LogP contribution < -0.4 is 11.1 Å². The van der Waals surface area contributed by atoms with E-state index >= 15 is 0 Å². The number of nitrogens with one attached hydrogen (secondary N) is 1. The van der Waals surface area contributed by atoms with Crippen LogP contribution in [0, 0.1) is 0 Å². The standard InChI is InChI=1S/C7H17N3O2S/c1-13(11,12)10-5-2-7(6-10)9-4-3-8/h7,9H,2-6,8H2,1H3. The third-order valence-electron chi connectivity index (χ3n) is 2.20. The molecule has 0 radical (unpaired) electrons. The van der Waals surface area contributed by atoms with Crippen LogP contribution in [-0.4, -0.2) is 51.2 Å². The molecule has 1 aliphatic rings. The molecule has 1 unspecified atom stereocenters. The summed E-state index contributed by atoms with van der Waals surface area (Å²) in [5, 5.41) is 3.20. The van der Waals surface area contributed by atoms with Gasteiger partial charge in [0.15, 0.2) is 0 Å². The third kappa shape index (κ3) is 3.22. The van der Waals surface area contributed by atoms with Crippen LogP contribution in [0.3, 0.4) is 0 Å². The van der Waals surface area contributed by atoms with Crippen molar-refractivity contribution in [3.05, 3.63) is 0 Å². The molecule has 1 saturated heterocycles. The van der Waals surface area contributed by atoms with Crippen LogP contribution in [0.5, 0.6) is 0 Å². The van der Waals surface area contributed by atoms with Crippen molar-refractivity contribution in [2.45, 2.75) is 12.5 Å². The summed E-state index contributed by atoms with van der Waals surface area (Å²) in [4.78, 5) is 0. The first-order valence-corrected chi connectivity index (χ1v) is 6.27. The number of nitrogens with zero attached hydrogens (tertiary/aromatic N) is 1. The number of rotatable bonds is 4. The minimum atomic E-state index is -3.00. The minimum Gasteiger partial charge on any atom is -0.329 e. The fraction of sp³-hybridized carbons (Fsp3) is 1.00. The molecule has 1 heterocycles. The summed E-state index contributed by atoms with van der Waals surface area (Å²) in [6, 6.07) is 0.276. The molecule has 5 nitrogen and oxygen atoms in total. The predicted molar refractivity (Wildman–Crippen MR) is 51.9 cm³/mol. The van der Waals surface area contributed by atoms with Gasteiger partial charge < -0.3 is 11.1 Å². The second-order valence-corrected chi connectivity index (χ2v) is 5.33. The minimum absolute atomic E-state index is 0.276. The van der Waals surface area contributed by atoms with E-state index in [-0.39, 0.29) is 6.04 Å². The molecule has 0 saturated carbocycles. The highest BCUT2D eigenvalue weighted by Crippen LogP contribution is 2.11. The van der Waals surface area contributed by atoms with Crippen LogP contribution in [0.15, 0.2) is 0 Å². The summed E-state index contributed by atoms with van der Waals surface area (Å²) < 4.78 is 23.8. The van der Waals surface area contributed by atoms with Crippen LogP contribution in [0.2, 0.25) is 0 Å². The van der Waals surface area contributed by atoms with Crippen molar-refractivity contribution in [3.63, 3.8) is 0 Å². The Kier molecular flexibility index (Phi) is 3.66. The lowest BCUT2D eigenvalue weighted by Gasteiger charge is -2.13. The zero-order chi connectivity index (χ0) is 9.90. The molecule has 0 bridgehead atoms. The van der Waals surface area contributed by atoms with Gasteiger partial charge in [-0.1, -0.05) is 0 Å². The van der Waals surface area contributed by atoms with Gasteiger partial charge in [-0.25, -0.2) is 12.7 Å². The first-order chi connectivity index (χ1) is 6.04. The van der Waals surface area contributed by atoms with Crippen molar-refractivity contribution < 1.29 is 8.42 Å². The van der Waals surface area contributed by atoms with Crippen molar-refractivity contribution >= 4 is 10.0 Å². The zero-order valence-corrected chi connectivity index (χ0v) is 8.68. The fourth-order valence-corrected chi connectivity index (χ4v) is 2.37. The number of sulfonamides is 1. The third-order valence-corrected chi connectivity index (χ3v) is 3.47. The van der Waals surface area contributed by atoms with E-state index in [1.165, 1.54) is 10.6 Å². The Morgan fingerprint density at radius 3 is 2.77 bits per heavy atom. The Hall–Kier alpha value is -0.170. The molecule has 0 spiro atoms. The van der Waals surface area contributed by atoms with Gasteiger partial charge in [0.2, 0.25) is 10.0 Å². The van der Waals surface area contributed by atoms with E-state index < -0.39 is 10.0 Å². The van der Waals surface area contributed by atoms with Gasteiger partial charge in [-0.2, -0.15) is 0 Å². The SMILES string of the molecule is CS(=O)(=O)N1CCC(NCCN)C1. The van der Waals surface area contributed by atoms with Crippen LogP contribution >= 0.6 is 0 Å². The molecule has 0 amide bonds. The molecule has 1 rings (SSSR count). The second kappa shape index (κ2) is 4.36. The van der Waals surface area contributed by atoms with E-state index in [9.17, 15) is 8.42 Å². The molecule has 1 fully saturated rings. The van der Waals surface area contributed by atoms with Gasteiger partial charge in [-0.15, -0.1) is 0 Å².